The molecule has 0 amide bonds. The van der Waals surface area contributed by atoms with E-state index in [0.29, 0.717) is 11.6 Å². The second-order valence-electron chi connectivity index (χ2n) is 19.6. The Bertz CT molecular complexity index is 1860. The topological polar surface area (TPSA) is 34.1 Å². The maximum Gasteiger partial charge on any atom is 0.168 e. The summed E-state index contributed by atoms with van der Waals surface area (Å²) in [6.45, 7) is 9.17. The molecule has 0 aromatic carbocycles. The van der Waals surface area contributed by atoms with Crippen LogP contribution in [0.4, 0.5) is 0 Å². The first-order valence-corrected chi connectivity index (χ1v) is 29.4. The molecule has 0 bridgehead atoms. The number of ketones is 2. The number of aryl methyl sites for hydroxylation is 2. The minimum absolute atomic E-state index is 0.0263. The summed E-state index contributed by atoms with van der Waals surface area (Å²) in [5.74, 6) is 1.28. The smallest absolute Gasteiger partial charge is 0.168 e. The van der Waals surface area contributed by atoms with Crippen molar-refractivity contribution in [2.45, 2.75) is 232 Å². The zero-order valence-electron chi connectivity index (χ0n) is 39.3. The van der Waals surface area contributed by atoms with Gasteiger partial charge in [-0.15, -0.1) is 45.3 Å². The Hall–Kier alpha value is -1.86. The largest absolute Gasteiger partial charge is 0.294 e. The molecule has 4 aromatic heterocycles. The summed E-state index contributed by atoms with van der Waals surface area (Å²) in [5.41, 5.74) is 7.86. The van der Waals surface area contributed by atoms with Crippen LogP contribution in [0, 0.1) is 11.8 Å². The summed E-state index contributed by atoms with van der Waals surface area (Å²) in [5, 5.41) is 4.80. The quantitative estimate of drug-likeness (QED) is 0.0489. The lowest BCUT2D eigenvalue weighted by atomic mass is 9.70. The number of hydrogen-bond acceptors (Lipinski definition) is 6. The fraction of sp³-hybridized carbons (Fsp3) is 0.679. The SMILES string of the molecule is CCCCCCCCc1csc(-c2sc3c(c2CCCCCCCC)C(=O)C2CC4c5sc(-c6cc(CCCCCCCC)cs6)c(CCCCCCCC)c5C(=O)C4CC32)c1. The molecule has 0 N–H and O–H groups in total. The van der Waals surface area contributed by atoms with E-state index in [1.165, 1.54) is 193 Å². The molecule has 4 unspecified atom stereocenters. The number of carbonyl (C=O) groups is 2. The predicted molar refractivity (Wildman–Crippen MR) is 274 cm³/mol. The van der Waals surface area contributed by atoms with Crippen LogP contribution in [-0.4, -0.2) is 11.6 Å². The van der Waals surface area contributed by atoms with Crippen LogP contribution in [0.5, 0.6) is 0 Å². The molecular formula is C56H80O2S4. The van der Waals surface area contributed by atoms with Crippen LogP contribution in [0.2, 0.25) is 0 Å². The number of Topliss-reactive ketones (excluding diaryl/α,β-unsaturated/α-hetero) is 2. The van der Waals surface area contributed by atoms with E-state index in [1.54, 1.807) is 0 Å². The molecule has 3 aliphatic carbocycles. The first-order valence-electron chi connectivity index (χ1n) is 26.0. The Morgan fingerprint density at radius 1 is 0.419 bits per heavy atom. The van der Waals surface area contributed by atoms with E-state index in [0.717, 1.165) is 62.5 Å². The highest BCUT2D eigenvalue weighted by Gasteiger charge is 2.55. The van der Waals surface area contributed by atoms with Gasteiger partial charge < -0.3 is 0 Å². The van der Waals surface area contributed by atoms with E-state index in [2.05, 4.69) is 50.6 Å². The van der Waals surface area contributed by atoms with Gasteiger partial charge in [0.2, 0.25) is 0 Å². The van der Waals surface area contributed by atoms with Gasteiger partial charge in [-0.25, -0.2) is 0 Å². The second-order valence-corrected chi connectivity index (χ2v) is 23.6. The normalized spacial score (nSPS) is 19.1. The zero-order chi connectivity index (χ0) is 43.3. The number of thiophene rings is 4. The second kappa shape index (κ2) is 24.6. The van der Waals surface area contributed by atoms with Gasteiger partial charge in [-0.2, -0.15) is 0 Å². The Morgan fingerprint density at radius 2 is 0.742 bits per heavy atom. The predicted octanol–water partition coefficient (Wildman–Crippen LogP) is 19.2. The van der Waals surface area contributed by atoms with Crippen molar-refractivity contribution < 1.29 is 9.59 Å². The number of unbranched alkanes of at least 4 members (excludes halogenated alkanes) is 20. The molecule has 6 heteroatoms. The van der Waals surface area contributed by atoms with Gasteiger partial charge in [0.1, 0.15) is 0 Å². The highest BCUT2D eigenvalue weighted by Crippen LogP contribution is 2.62. The van der Waals surface area contributed by atoms with Crippen LogP contribution in [0.25, 0.3) is 19.5 Å². The summed E-state index contributed by atoms with van der Waals surface area (Å²) in [4.78, 5) is 38.1. The number of carbonyl (C=O) groups excluding carboxylic acids is 2. The Balaban J connectivity index is 1.11. The summed E-state index contributed by atoms with van der Waals surface area (Å²) in [6.07, 6.45) is 37.2. The molecule has 1 fully saturated rings. The molecule has 340 valence electrons. The first-order chi connectivity index (χ1) is 30.5. The summed E-state index contributed by atoms with van der Waals surface area (Å²) >= 11 is 7.71. The van der Waals surface area contributed by atoms with Crippen LogP contribution in [0.15, 0.2) is 22.9 Å². The van der Waals surface area contributed by atoms with Crippen molar-refractivity contribution in [1.82, 2.24) is 0 Å². The maximum atomic E-state index is 14.9. The van der Waals surface area contributed by atoms with Crippen LogP contribution in [0.3, 0.4) is 0 Å². The molecule has 1 saturated carbocycles. The highest BCUT2D eigenvalue weighted by atomic mass is 32.1. The maximum absolute atomic E-state index is 14.9. The molecule has 4 atom stereocenters. The molecular weight excluding hydrogens is 833 g/mol. The van der Waals surface area contributed by atoms with Gasteiger partial charge in [0.05, 0.1) is 0 Å². The fourth-order valence-electron chi connectivity index (χ4n) is 11.3. The van der Waals surface area contributed by atoms with Gasteiger partial charge in [-0.05, 0) is 109 Å². The third-order valence-electron chi connectivity index (χ3n) is 14.8. The van der Waals surface area contributed by atoms with Crippen molar-refractivity contribution in [3.8, 4) is 19.5 Å². The fourth-order valence-corrected chi connectivity index (χ4v) is 16.5. The van der Waals surface area contributed by atoms with Crippen molar-refractivity contribution in [3.05, 3.63) is 66.0 Å². The van der Waals surface area contributed by atoms with E-state index >= 15 is 0 Å². The van der Waals surface area contributed by atoms with E-state index in [4.69, 9.17) is 0 Å². The molecule has 0 aliphatic heterocycles. The van der Waals surface area contributed by atoms with Crippen molar-refractivity contribution >= 4 is 56.9 Å². The lowest BCUT2D eigenvalue weighted by Gasteiger charge is -2.33. The van der Waals surface area contributed by atoms with E-state index in [-0.39, 0.29) is 23.7 Å². The third kappa shape index (κ3) is 11.6. The van der Waals surface area contributed by atoms with Gasteiger partial charge in [-0.1, -0.05) is 156 Å². The molecule has 3 aliphatic rings. The molecule has 7 rings (SSSR count). The Kier molecular flexibility index (Phi) is 19.1. The Morgan fingerprint density at radius 3 is 1.10 bits per heavy atom. The van der Waals surface area contributed by atoms with Gasteiger partial charge in [0.25, 0.3) is 0 Å². The van der Waals surface area contributed by atoms with Gasteiger partial charge >= 0.3 is 0 Å². The molecule has 0 saturated heterocycles. The van der Waals surface area contributed by atoms with Crippen LogP contribution < -0.4 is 0 Å². The van der Waals surface area contributed by atoms with Crippen LogP contribution in [-0.2, 0) is 25.7 Å². The van der Waals surface area contributed by atoms with Crippen molar-refractivity contribution in [2.24, 2.45) is 11.8 Å². The molecule has 0 spiro atoms. The number of hydrogen-bond donors (Lipinski definition) is 0. The Labute approximate surface area is 393 Å². The van der Waals surface area contributed by atoms with E-state index < -0.39 is 0 Å². The van der Waals surface area contributed by atoms with Gasteiger partial charge in [0, 0.05) is 64.1 Å². The molecule has 2 nitrogen and oxygen atoms in total. The number of rotatable bonds is 30. The first kappa shape index (κ1) is 48.1. The third-order valence-corrected chi connectivity index (χ3v) is 19.9. The lowest BCUT2D eigenvalue weighted by Crippen LogP contribution is -2.30. The van der Waals surface area contributed by atoms with Crippen molar-refractivity contribution in [1.29, 1.82) is 0 Å². The zero-order valence-corrected chi connectivity index (χ0v) is 42.5. The highest BCUT2D eigenvalue weighted by molar-refractivity contribution is 7.22. The average Bonchev–Trinajstić information content (AvgIpc) is 4.14. The molecule has 4 aromatic rings. The molecule has 4 heterocycles. The van der Waals surface area contributed by atoms with E-state index in [1.807, 2.05) is 45.3 Å². The van der Waals surface area contributed by atoms with Crippen molar-refractivity contribution in [3.63, 3.8) is 0 Å². The standard InChI is InChI=1S/C56H80O2S4/c1-5-9-13-17-21-25-29-39-33-47(59-37-39)53-41(31-27-23-19-15-11-7-3)49-51(57)43-36-46-44(35-45(43)55(49)61-53)52(58)50-42(32-28-24-20-16-12-8-4)54(62-56(46)50)48-34-40(38-60-48)30-26-22-18-14-10-6-2/h33-34,37-38,43-46H,5-32,35-36H2,1-4H3. The molecule has 0 radical (unpaired) electrons. The minimum Gasteiger partial charge on any atom is -0.294 e. The minimum atomic E-state index is 0.0263. The van der Waals surface area contributed by atoms with Crippen molar-refractivity contribution in [2.75, 3.05) is 0 Å². The molecule has 62 heavy (non-hydrogen) atoms. The summed E-state index contributed by atoms with van der Waals surface area (Å²) < 4.78 is 0. The van der Waals surface area contributed by atoms with Gasteiger partial charge in [-0.3, -0.25) is 9.59 Å². The van der Waals surface area contributed by atoms with Crippen LogP contribution >= 0.6 is 45.3 Å². The summed E-state index contributed by atoms with van der Waals surface area (Å²) in [6, 6.07) is 4.93. The van der Waals surface area contributed by atoms with Gasteiger partial charge in [0.15, 0.2) is 11.6 Å². The number of fused-ring (bicyclic) bond motifs is 6. The monoisotopic (exact) mass is 913 g/mol. The van der Waals surface area contributed by atoms with E-state index in [9.17, 15) is 9.59 Å². The lowest BCUT2D eigenvalue weighted by molar-refractivity contribution is 0.0789. The van der Waals surface area contributed by atoms with Crippen LogP contribution in [0.1, 0.15) is 259 Å². The average molecular weight is 914 g/mol. The summed E-state index contributed by atoms with van der Waals surface area (Å²) in [7, 11) is 0.